The van der Waals surface area contributed by atoms with Crippen molar-refractivity contribution >= 4 is 20.7 Å². The van der Waals surface area contributed by atoms with E-state index in [0.29, 0.717) is 38.4 Å². The predicted molar refractivity (Wildman–Crippen MR) is 83.4 cm³/mol. The third-order valence-corrected chi connectivity index (χ3v) is 5.88. The van der Waals surface area contributed by atoms with Gasteiger partial charge in [0.25, 0.3) is 0 Å². The van der Waals surface area contributed by atoms with Crippen molar-refractivity contribution in [2.75, 3.05) is 25.1 Å². The van der Waals surface area contributed by atoms with Gasteiger partial charge in [-0.2, -0.15) is 0 Å². The molecule has 0 atom stereocenters. The number of hydrogen-bond acceptors (Lipinski definition) is 7. The zero-order valence-electron chi connectivity index (χ0n) is 13.3. The molecule has 0 amide bonds. The Morgan fingerprint density at radius 2 is 1.82 bits per heavy atom. The molecule has 1 aromatic rings. The van der Waals surface area contributed by atoms with Gasteiger partial charge >= 0.3 is 8.80 Å². The van der Waals surface area contributed by atoms with Crippen molar-refractivity contribution in [3.05, 3.63) is 0 Å². The van der Waals surface area contributed by atoms with Crippen LogP contribution in [0.5, 0.6) is 0 Å². The fourth-order valence-electron chi connectivity index (χ4n) is 2.01. The summed E-state index contributed by atoms with van der Waals surface area (Å²) in [4.78, 5) is 0. The quantitative estimate of drug-likeness (QED) is 0.302. The van der Waals surface area contributed by atoms with Crippen LogP contribution in [0, 0.1) is 5.41 Å². The summed E-state index contributed by atoms with van der Waals surface area (Å²) < 4.78 is 18.9. The molecule has 10 nitrogen and oxygen atoms in total. The van der Waals surface area contributed by atoms with Gasteiger partial charge in [0, 0.05) is 32.4 Å². The monoisotopic (exact) mass is 331 g/mol. The Morgan fingerprint density at radius 1 is 1.23 bits per heavy atom. The Kier molecular flexibility index (Phi) is 7.94. The number of tetrazole rings is 1. The molecule has 22 heavy (non-hydrogen) atoms. The zero-order chi connectivity index (χ0) is 16.4. The van der Waals surface area contributed by atoms with E-state index >= 15 is 0 Å². The summed E-state index contributed by atoms with van der Waals surface area (Å²) in [5.74, 6) is 0.127. The molecule has 0 aliphatic heterocycles. The molecule has 0 aliphatic carbocycles. The average molecular weight is 331 g/mol. The van der Waals surface area contributed by atoms with E-state index in [1.807, 2.05) is 20.8 Å². The van der Waals surface area contributed by atoms with Crippen LogP contribution in [0.1, 0.15) is 27.2 Å². The van der Waals surface area contributed by atoms with Gasteiger partial charge in [-0.1, -0.05) is 5.10 Å². The summed E-state index contributed by atoms with van der Waals surface area (Å²) in [6, 6.07) is 0.669. The Hall–Kier alpha value is -1.56. The fourth-order valence-corrected chi connectivity index (χ4v) is 4.61. The zero-order valence-corrected chi connectivity index (χ0v) is 14.3. The van der Waals surface area contributed by atoms with E-state index < -0.39 is 8.80 Å². The first kappa shape index (κ1) is 18.5. The molecule has 0 aliphatic rings. The molecule has 0 radical (unpaired) electrons. The van der Waals surface area contributed by atoms with Crippen molar-refractivity contribution < 1.29 is 13.3 Å². The van der Waals surface area contributed by atoms with Crippen LogP contribution in [0.4, 0.5) is 5.95 Å². The van der Waals surface area contributed by atoms with E-state index in [-0.39, 0.29) is 5.96 Å². The van der Waals surface area contributed by atoms with Crippen LogP contribution in [0.2, 0.25) is 6.04 Å². The topological polar surface area (TPSA) is 133 Å². The van der Waals surface area contributed by atoms with Crippen LogP contribution < -0.4 is 11.1 Å². The lowest BCUT2D eigenvalue weighted by Gasteiger charge is -2.28. The van der Waals surface area contributed by atoms with Gasteiger partial charge < -0.3 is 19.0 Å². The van der Waals surface area contributed by atoms with Crippen LogP contribution in [0.15, 0.2) is 0 Å². The van der Waals surface area contributed by atoms with Gasteiger partial charge in [0.05, 0.1) is 0 Å². The Balaban J connectivity index is 2.61. The lowest BCUT2D eigenvalue weighted by Crippen LogP contribution is -2.46. The van der Waals surface area contributed by atoms with Crippen molar-refractivity contribution in [3.8, 4) is 0 Å². The molecule has 0 bridgehead atoms. The number of nitrogens with one attached hydrogen (secondary N) is 2. The Labute approximate surface area is 131 Å². The molecule has 0 saturated carbocycles. The fraction of sp³-hybridized carbons (Fsp3) is 0.818. The summed E-state index contributed by atoms with van der Waals surface area (Å²) in [6.45, 7) is 7.98. The largest absolute Gasteiger partial charge is 0.500 e. The van der Waals surface area contributed by atoms with Crippen molar-refractivity contribution in [1.29, 1.82) is 5.41 Å². The second-order valence-electron chi connectivity index (χ2n) is 4.35. The van der Waals surface area contributed by atoms with Gasteiger partial charge in [-0.15, -0.1) is 0 Å². The van der Waals surface area contributed by atoms with E-state index in [9.17, 15) is 0 Å². The van der Waals surface area contributed by atoms with Crippen molar-refractivity contribution in [3.63, 3.8) is 0 Å². The molecule has 0 fully saturated rings. The third-order valence-electron chi connectivity index (χ3n) is 2.72. The Morgan fingerprint density at radius 3 is 2.32 bits per heavy atom. The molecule has 1 heterocycles. The van der Waals surface area contributed by atoms with Crippen LogP contribution in [0.25, 0.3) is 0 Å². The maximum absolute atomic E-state index is 7.21. The summed E-state index contributed by atoms with van der Waals surface area (Å²) in [5.41, 5.74) is 5.28. The first-order chi connectivity index (χ1) is 10.6. The van der Waals surface area contributed by atoms with Crippen molar-refractivity contribution in [1.82, 2.24) is 20.2 Å². The summed E-state index contributed by atoms with van der Waals surface area (Å²) >= 11 is 0. The maximum Gasteiger partial charge on any atom is 0.500 e. The van der Waals surface area contributed by atoms with Crippen molar-refractivity contribution in [2.45, 2.75) is 39.8 Å². The van der Waals surface area contributed by atoms with Crippen LogP contribution in [-0.2, 0) is 19.8 Å². The highest BCUT2D eigenvalue weighted by Crippen LogP contribution is 2.19. The number of rotatable bonds is 11. The van der Waals surface area contributed by atoms with E-state index in [0.717, 1.165) is 6.42 Å². The van der Waals surface area contributed by atoms with Gasteiger partial charge in [-0.05, 0) is 37.6 Å². The lowest BCUT2D eigenvalue weighted by atomic mass is 10.5. The van der Waals surface area contributed by atoms with Crippen LogP contribution in [0.3, 0.4) is 0 Å². The SMILES string of the molecule is CCO[Si](CCCn1nnnc1NC(=N)N)(OCC)OCC. The molecule has 0 unspecified atom stereocenters. The number of nitrogens with zero attached hydrogens (tertiary/aromatic N) is 4. The lowest BCUT2D eigenvalue weighted by molar-refractivity contribution is 0.0704. The molecule has 0 saturated heterocycles. The minimum atomic E-state index is -2.65. The first-order valence-corrected chi connectivity index (χ1v) is 9.29. The Bertz CT molecular complexity index is 440. The summed E-state index contributed by atoms with van der Waals surface area (Å²) in [7, 11) is -2.65. The second-order valence-corrected chi connectivity index (χ2v) is 7.08. The standard InChI is InChI=1S/C11H25N7O3Si/c1-4-19-22(20-5-2,21-6-3)9-7-8-18-11(14-10(12)13)15-16-17-18/h4-9H2,1-3H3,(H4,12,13,14,15,17). The molecule has 126 valence electrons. The normalized spacial score (nSPS) is 11.6. The average Bonchev–Trinajstić information content (AvgIpc) is 2.86. The van der Waals surface area contributed by atoms with Crippen molar-refractivity contribution in [2.24, 2.45) is 5.73 Å². The molecule has 0 aromatic carbocycles. The first-order valence-electron chi connectivity index (χ1n) is 7.36. The number of aromatic nitrogens is 4. The number of guanidine groups is 1. The van der Waals surface area contributed by atoms with E-state index in [1.54, 1.807) is 4.68 Å². The van der Waals surface area contributed by atoms with E-state index in [1.165, 1.54) is 0 Å². The molecule has 1 rings (SSSR count). The number of nitrogens with two attached hydrogens (primary N) is 1. The molecule has 0 spiro atoms. The molecule has 4 N–H and O–H groups in total. The maximum atomic E-state index is 7.21. The molecule has 11 heteroatoms. The van der Waals surface area contributed by atoms with Gasteiger partial charge in [-0.25, -0.2) is 4.68 Å². The molecular weight excluding hydrogens is 306 g/mol. The summed E-state index contributed by atoms with van der Waals surface area (Å²) in [6.07, 6.45) is 0.726. The van der Waals surface area contributed by atoms with E-state index in [4.69, 9.17) is 24.4 Å². The summed E-state index contributed by atoms with van der Waals surface area (Å²) in [5, 5.41) is 21.0. The number of hydrogen-bond donors (Lipinski definition) is 3. The van der Waals surface area contributed by atoms with Gasteiger partial charge in [0.2, 0.25) is 5.95 Å². The van der Waals surface area contributed by atoms with Gasteiger partial charge in [0.15, 0.2) is 5.96 Å². The van der Waals surface area contributed by atoms with E-state index in [2.05, 4.69) is 20.8 Å². The number of aryl methyl sites for hydroxylation is 1. The highest BCUT2D eigenvalue weighted by Gasteiger charge is 2.39. The minimum Gasteiger partial charge on any atom is -0.374 e. The van der Waals surface area contributed by atoms with Gasteiger partial charge in [-0.3, -0.25) is 10.7 Å². The van der Waals surface area contributed by atoms with Crippen LogP contribution in [-0.4, -0.2) is 54.8 Å². The minimum absolute atomic E-state index is 0.210. The van der Waals surface area contributed by atoms with Gasteiger partial charge in [0.1, 0.15) is 0 Å². The highest BCUT2D eigenvalue weighted by atomic mass is 28.4. The second kappa shape index (κ2) is 9.45. The number of anilines is 1. The van der Waals surface area contributed by atoms with Crippen LogP contribution >= 0.6 is 0 Å². The predicted octanol–water partition coefficient (Wildman–Crippen LogP) is 0.417. The highest BCUT2D eigenvalue weighted by molar-refractivity contribution is 6.60. The molecule has 1 aromatic heterocycles. The smallest absolute Gasteiger partial charge is 0.374 e. The molecular formula is C11H25N7O3Si. The third kappa shape index (κ3) is 5.67.